The lowest BCUT2D eigenvalue weighted by Gasteiger charge is -2.15. The van der Waals surface area contributed by atoms with Crippen molar-refractivity contribution in [1.82, 2.24) is 9.88 Å². The van der Waals surface area contributed by atoms with Crippen LogP contribution in [0.25, 0.3) is 0 Å². The molecular weight excluding hydrogens is 206 g/mol. The summed E-state index contributed by atoms with van der Waals surface area (Å²) in [6.45, 7) is 1.99. The second kappa shape index (κ2) is 4.49. The van der Waals surface area contributed by atoms with E-state index in [1.165, 1.54) is 6.20 Å². The predicted molar refractivity (Wildman–Crippen MR) is 60.7 cm³/mol. The van der Waals surface area contributed by atoms with Crippen LogP contribution < -0.4 is 5.32 Å². The molecule has 0 radical (unpaired) electrons. The minimum Gasteiger partial charge on any atom is -0.478 e. The lowest BCUT2D eigenvalue weighted by Crippen LogP contribution is -2.24. The first-order chi connectivity index (χ1) is 7.66. The van der Waals surface area contributed by atoms with Crippen molar-refractivity contribution in [1.29, 1.82) is 0 Å². The summed E-state index contributed by atoms with van der Waals surface area (Å²) in [5.41, 5.74) is 0.889. The van der Waals surface area contributed by atoms with Gasteiger partial charge in [-0.05, 0) is 26.1 Å². The number of hydrogen-bond acceptors (Lipinski definition) is 4. The van der Waals surface area contributed by atoms with Crippen molar-refractivity contribution in [2.24, 2.45) is 0 Å². The van der Waals surface area contributed by atoms with Gasteiger partial charge >= 0.3 is 5.97 Å². The van der Waals surface area contributed by atoms with Crippen molar-refractivity contribution in [3.8, 4) is 0 Å². The number of hydrogen-bond donors (Lipinski definition) is 2. The highest BCUT2D eigenvalue weighted by molar-refractivity contribution is 5.93. The van der Waals surface area contributed by atoms with E-state index in [0.29, 0.717) is 11.7 Å². The topological polar surface area (TPSA) is 65.5 Å². The van der Waals surface area contributed by atoms with E-state index < -0.39 is 5.97 Å². The van der Waals surface area contributed by atoms with E-state index in [9.17, 15) is 4.79 Å². The maximum atomic E-state index is 11.0. The molecule has 5 heteroatoms. The van der Waals surface area contributed by atoms with Crippen LogP contribution in [0.4, 0.5) is 5.69 Å². The molecule has 1 saturated heterocycles. The molecule has 16 heavy (non-hydrogen) atoms. The van der Waals surface area contributed by atoms with Gasteiger partial charge in [0, 0.05) is 25.0 Å². The lowest BCUT2D eigenvalue weighted by molar-refractivity contribution is 0.0697. The number of anilines is 1. The molecule has 5 nitrogen and oxygen atoms in total. The summed E-state index contributed by atoms with van der Waals surface area (Å²) < 4.78 is 0. The van der Waals surface area contributed by atoms with E-state index in [-0.39, 0.29) is 5.56 Å². The smallest absolute Gasteiger partial charge is 0.339 e. The number of nitrogens with one attached hydrogen (secondary N) is 1. The Kier molecular flexibility index (Phi) is 3.05. The van der Waals surface area contributed by atoms with Crippen LogP contribution in [0.2, 0.25) is 0 Å². The normalized spacial score (nSPS) is 20.9. The van der Waals surface area contributed by atoms with Crippen LogP contribution in [0.3, 0.4) is 0 Å². The Balaban J connectivity index is 2.12. The van der Waals surface area contributed by atoms with Crippen molar-refractivity contribution < 1.29 is 9.90 Å². The van der Waals surface area contributed by atoms with Gasteiger partial charge in [-0.2, -0.15) is 0 Å². The van der Waals surface area contributed by atoms with E-state index in [0.717, 1.165) is 19.5 Å². The number of pyridine rings is 1. The minimum absolute atomic E-state index is 0.233. The van der Waals surface area contributed by atoms with Crippen LogP contribution in [-0.4, -0.2) is 47.1 Å². The number of carboxylic acids is 1. The van der Waals surface area contributed by atoms with Crippen molar-refractivity contribution >= 4 is 11.7 Å². The van der Waals surface area contributed by atoms with Gasteiger partial charge < -0.3 is 15.3 Å². The van der Waals surface area contributed by atoms with E-state index in [1.54, 1.807) is 12.3 Å². The average Bonchev–Trinajstić information content (AvgIpc) is 2.64. The number of aromatic nitrogens is 1. The molecule has 2 N–H and O–H groups in total. The van der Waals surface area contributed by atoms with E-state index in [4.69, 9.17) is 5.11 Å². The van der Waals surface area contributed by atoms with E-state index >= 15 is 0 Å². The molecule has 2 rings (SSSR count). The molecule has 1 fully saturated rings. The van der Waals surface area contributed by atoms with Gasteiger partial charge in [-0.3, -0.25) is 4.98 Å². The molecule has 1 unspecified atom stereocenters. The zero-order valence-corrected chi connectivity index (χ0v) is 9.18. The zero-order chi connectivity index (χ0) is 11.5. The van der Waals surface area contributed by atoms with Gasteiger partial charge in [0.05, 0.1) is 5.69 Å². The number of nitrogens with zero attached hydrogens (tertiary/aromatic N) is 2. The van der Waals surface area contributed by atoms with Gasteiger partial charge in [0.25, 0.3) is 0 Å². The third-order valence-electron chi connectivity index (χ3n) is 2.80. The minimum atomic E-state index is -0.943. The third-order valence-corrected chi connectivity index (χ3v) is 2.80. The van der Waals surface area contributed by atoms with Crippen LogP contribution in [0.1, 0.15) is 16.8 Å². The molecule has 1 aromatic rings. The van der Waals surface area contributed by atoms with Gasteiger partial charge in [-0.15, -0.1) is 0 Å². The molecule has 1 aliphatic rings. The first kappa shape index (κ1) is 10.9. The zero-order valence-electron chi connectivity index (χ0n) is 9.18. The maximum absolute atomic E-state index is 11.0. The summed E-state index contributed by atoms with van der Waals surface area (Å²) in [6.07, 6.45) is 4.02. The summed E-state index contributed by atoms with van der Waals surface area (Å²) in [5, 5.41) is 12.3. The SMILES string of the molecule is CN1CCC(Nc2ccncc2C(=O)O)C1. The number of likely N-dealkylation sites (N-methyl/N-ethyl adjacent to an activating group) is 1. The highest BCUT2D eigenvalue weighted by Crippen LogP contribution is 2.18. The summed E-state index contributed by atoms with van der Waals surface area (Å²) in [5.74, 6) is -0.943. The standard InChI is InChI=1S/C11H15N3O2/c1-14-5-3-8(7-14)13-10-2-4-12-6-9(10)11(15)16/h2,4,6,8H,3,5,7H2,1H3,(H,12,13)(H,15,16). The number of carbonyl (C=O) groups is 1. The van der Waals surface area contributed by atoms with Gasteiger partial charge in [0.15, 0.2) is 0 Å². The highest BCUT2D eigenvalue weighted by Gasteiger charge is 2.20. The molecular formula is C11H15N3O2. The van der Waals surface area contributed by atoms with E-state index in [2.05, 4.69) is 22.2 Å². The van der Waals surface area contributed by atoms with Gasteiger partial charge in [0.1, 0.15) is 5.56 Å². The fourth-order valence-electron chi connectivity index (χ4n) is 1.96. The number of carboxylic acid groups (broad SMARTS) is 1. The second-order valence-corrected chi connectivity index (χ2v) is 4.12. The van der Waals surface area contributed by atoms with Gasteiger partial charge in [0.2, 0.25) is 0 Å². The summed E-state index contributed by atoms with van der Waals surface area (Å²) in [6, 6.07) is 2.03. The molecule has 1 aromatic heterocycles. The first-order valence-corrected chi connectivity index (χ1v) is 5.29. The van der Waals surface area contributed by atoms with Gasteiger partial charge in [-0.1, -0.05) is 0 Å². The van der Waals surface area contributed by atoms with E-state index in [1.807, 2.05) is 0 Å². The first-order valence-electron chi connectivity index (χ1n) is 5.29. The molecule has 2 heterocycles. The molecule has 1 aliphatic heterocycles. The Hall–Kier alpha value is -1.62. The molecule has 0 saturated carbocycles. The quantitative estimate of drug-likeness (QED) is 0.793. The number of aromatic carboxylic acids is 1. The van der Waals surface area contributed by atoms with Crippen molar-refractivity contribution in [3.05, 3.63) is 24.0 Å². The Morgan fingerprint density at radius 1 is 1.69 bits per heavy atom. The Morgan fingerprint density at radius 3 is 3.12 bits per heavy atom. The fraction of sp³-hybridized carbons (Fsp3) is 0.455. The van der Waals surface area contributed by atoms with Crippen LogP contribution in [0.15, 0.2) is 18.5 Å². The van der Waals surface area contributed by atoms with Crippen LogP contribution in [-0.2, 0) is 0 Å². The number of likely N-dealkylation sites (tertiary alicyclic amines) is 1. The molecule has 86 valence electrons. The largest absolute Gasteiger partial charge is 0.478 e. The summed E-state index contributed by atoms with van der Waals surface area (Å²) >= 11 is 0. The van der Waals surface area contributed by atoms with Gasteiger partial charge in [-0.25, -0.2) is 4.79 Å². The molecule has 0 aliphatic carbocycles. The third kappa shape index (κ3) is 2.30. The Morgan fingerprint density at radius 2 is 2.50 bits per heavy atom. The Labute approximate surface area is 94.1 Å². The van der Waals surface area contributed by atoms with Crippen LogP contribution in [0.5, 0.6) is 0 Å². The second-order valence-electron chi connectivity index (χ2n) is 4.12. The predicted octanol–water partition coefficient (Wildman–Crippen LogP) is 0.896. The summed E-state index contributed by atoms with van der Waals surface area (Å²) in [4.78, 5) is 17.0. The van der Waals surface area contributed by atoms with Crippen molar-refractivity contribution in [3.63, 3.8) is 0 Å². The average molecular weight is 221 g/mol. The molecule has 0 bridgehead atoms. The molecule has 1 atom stereocenters. The van der Waals surface area contributed by atoms with Crippen LogP contribution >= 0.6 is 0 Å². The monoisotopic (exact) mass is 221 g/mol. The lowest BCUT2D eigenvalue weighted by atomic mass is 10.2. The van der Waals surface area contributed by atoms with Crippen molar-refractivity contribution in [2.75, 3.05) is 25.5 Å². The van der Waals surface area contributed by atoms with Crippen LogP contribution in [0, 0.1) is 0 Å². The maximum Gasteiger partial charge on any atom is 0.339 e. The Bertz CT molecular complexity index is 395. The molecule has 0 amide bonds. The molecule has 0 aromatic carbocycles. The summed E-state index contributed by atoms with van der Waals surface area (Å²) in [7, 11) is 2.06. The van der Waals surface area contributed by atoms with Crippen molar-refractivity contribution in [2.45, 2.75) is 12.5 Å². The highest BCUT2D eigenvalue weighted by atomic mass is 16.4. The molecule has 0 spiro atoms. The fourth-order valence-corrected chi connectivity index (χ4v) is 1.96. The number of rotatable bonds is 3.